The normalized spacial score (nSPS) is 22.5. The minimum absolute atomic E-state index is 0.0651. The van der Waals surface area contributed by atoms with Crippen LogP contribution in [0.3, 0.4) is 0 Å². The first-order chi connectivity index (χ1) is 13.2. The van der Waals surface area contributed by atoms with Gasteiger partial charge in [-0.15, -0.1) is 0 Å². The van der Waals surface area contributed by atoms with E-state index in [1.165, 1.54) is 5.56 Å². The van der Waals surface area contributed by atoms with Gasteiger partial charge in [0.1, 0.15) is 11.5 Å². The van der Waals surface area contributed by atoms with Crippen molar-refractivity contribution in [3.8, 4) is 0 Å². The van der Waals surface area contributed by atoms with Crippen molar-refractivity contribution in [3.05, 3.63) is 53.7 Å². The van der Waals surface area contributed by atoms with Crippen molar-refractivity contribution in [1.82, 2.24) is 9.88 Å². The van der Waals surface area contributed by atoms with E-state index in [0.29, 0.717) is 12.5 Å². The Balaban J connectivity index is 1.23. The van der Waals surface area contributed by atoms with Crippen LogP contribution in [0.2, 0.25) is 0 Å². The van der Waals surface area contributed by atoms with Crippen molar-refractivity contribution in [2.24, 2.45) is 5.92 Å². The number of pyridine rings is 1. The number of hydrogen-bond donors (Lipinski definition) is 0. The summed E-state index contributed by atoms with van der Waals surface area (Å²) in [5.41, 5.74) is 1.25. The number of likely N-dealkylation sites (tertiary alicyclic amines) is 1. The molecule has 2 aliphatic heterocycles. The van der Waals surface area contributed by atoms with Gasteiger partial charge in [-0.2, -0.15) is 0 Å². The average molecular weight is 370 g/mol. The number of furan rings is 1. The smallest absolute Gasteiger partial charge is 0.118 e. The molecule has 27 heavy (non-hydrogen) atoms. The summed E-state index contributed by atoms with van der Waals surface area (Å²) in [6, 6.07) is 8.16. The van der Waals surface area contributed by atoms with E-state index >= 15 is 0 Å². The van der Waals surface area contributed by atoms with Crippen molar-refractivity contribution in [1.29, 1.82) is 0 Å². The average Bonchev–Trinajstić information content (AvgIpc) is 3.28. The zero-order chi connectivity index (χ0) is 18.5. The monoisotopic (exact) mass is 370 g/mol. The van der Waals surface area contributed by atoms with Crippen LogP contribution in [0, 0.1) is 12.8 Å². The Morgan fingerprint density at radius 1 is 1.19 bits per heavy atom. The molecule has 0 saturated carbocycles. The molecule has 2 aliphatic rings. The fourth-order valence-electron chi connectivity index (χ4n) is 4.52. The molecule has 0 bridgehead atoms. The van der Waals surface area contributed by atoms with Gasteiger partial charge in [0.2, 0.25) is 0 Å². The summed E-state index contributed by atoms with van der Waals surface area (Å²) >= 11 is 0. The fraction of sp³-hybridized carbons (Fsp3) is 0.591. The lowest BCUT2D eigenvalue weighted by atomic mass is 9.78. The van der Waals surface area contributed by atoms with Crippen LogP contribution in [0.25, 0.3) is 0 Å². The van der Waals surface area contributed by atoms with Gasteiger partial charge >= 0.3 is 0 Å². The van der Waals surface area contributed by atoms with E-state index in [2.05, 4.69) is 16.0 Å². The van der Waals surface area contributed by atoms with Crippen LogP contribution >= 0.6 is 0 Å². The third-order valence-corrected chi connectivity index (χ3v) is 6.11. The molecule has 4 rings (SSSR count). The van der Waals surface area contributed by atoms with Crippen molar-refractivity contribution < 1.29 is 13.9 Å². The second-order valence-corrected chi connectivity index (χ2v) is 7.88. The Bertz CT molecular complexity index is 707. The Kier molecular flexibility index (Phi) is 5.91. The molecule has 0 N–H and O–H groups in total. The first-order valence-corrected chi connectivity index (χ1v) is 10.1. The topological polar surface area (TPSA) is 47.7 Å². The molecule has 1 spiro atoms. The van der Waals surface area contributed by atoms with E-state index in [-0.39, 0.29) is 5.60 Å². The number of aryl methyl sites for hydroxylation is 1. The summed E-state index contributed by atoms with van der Waals surface area (Å²) in [6.45, 7) is 7.42. The van der Waals surface area contributed by atoms with Gasteiger partial charge < -0.3 is 13.9 Å². The SMILES string of the molecule is Cc1ccc(CN2CCC3(CC2)OCC[C@H]3CCOCc2ccncc2)o1. The predicted octanol–water partition coefficient (Wildman–Crippen LogP) is 3.96. The highest BCUT2D eigenvalue weighted by Gasteiger charge is 2.45. The van der Waals surface area contributed by atoms with Crippen LogP contribution in [0.4, 0.5) is 0 Å². The molecular weight excluding hydrogens is 340 g/mol. The number of rotatable bonds is 7. The summed E-state index contributed by atoms with van der Waals surface area (Å²) in [5.74, 6) is 2.67. The number of ether oxygens (including phenoxy) is 2. The van der Waals surface area contributed by atoms with Crippen molar-refractivity contribution in [2.75, 3.05) is 26.3 Å². The third-order valence-electron chi connectivity index (χ3n) is 6.11. The molecule has 4 heterocycles. The maximum atomic E-state index is 6.30. The van der Waals surface area contributed by atoms with Crippen LogP contribution in [0.5, 0.6) is 0 Å². The highest BCUT2D eigenvalue weighted by atomic mass is 16.5. The van der Waals surface area contributed by atoms with Gasteiger partial charge in [-0.3, -0.25) is 9.88 Å². The van der Waals surface area contributed by atoms with Crippen LogP contribution in [0.15, 0.2) is 41.1 Å². The Labute approximate surface area is 161 Å². The fourth-order valence-corrected chi connectivity index (χ4v) is 4.52. The molecule has 0 unspecified atom stereocenters. The van der Waals surface area contributed by atoms with Crippen molar-refractivity contribution in [2.45, 2.75) is 51.4 Å². The highest BCUT2D eigenvalue weighted by molar-refractivity contribution is 5.08. The molecule has 2 saturated heterocycles. The molecular formula is C22H30N2O3. The van der Waals surface area contributed by atoms with E-state index in [9.17, 15) is 0 Å². The van der Waals surface area contributed by atoms with Gasteiger partial charge in [-0.05, 0) is 68.4 Å². The lowest BCUT2D eigenvalue weighted by Crippen LogP contribution is -2.47. The third kappa shape index (κ3) is 4.60. The van der Waals surface area contributed by atoms with E-state index < -0.39 is 0 Å². The van der Waals surface area contributed by atoms with Crippen molar-refractivity contribution in [3.63, 3.8) is 0 Å². The van der Waals surface area contributed by atoms with Gasteiger partial charge in [-0.1, -0.05) is 0 Å². The van der Waals surface area contributed by atoms with E-state index in [1.54, 1.807) is 0 Å². The molecule has 0 aromatic carbocycles. The molecule has 0 radical (unpaired) electrons. The van der Waals surface area contributed by atoms with E-state index in [0.717, 1.165) is 70.1 Å². The van der Waals surface area contributed by atoms with E-state index in [1.807, 2.05) is 37.5 Å². The summed E-state index contributed by atoms with van der Waals surface area (Å²) in [6.07, 6.45) is 8.11. The minimum Gasteiger partial charge on any atom is -0.465 e. The predicted molar refractivity (Wildman–Crippen MR) is 103 cm³/mol. The first-order valence-electron chi connectivity index (χ1n) is 10.1. The molecule has 5 nitrogen and oxygen atoms in total. The molecule has 1 atom stereocenters. The van der Waals surface area contributed by atoms with Crippen LogP contribution in [0.1, 0.15) is 42.8 Å². The summed E-state index contributed by atoms with van der Waals surface area (Å²) in [5, 5.41) is 0. The molecule has 0 aliphatic carbocycles. The lowest BCUT2D eigenvalue weighted by molar-refractivity contribution is -0.0740. The highest BCUT2D eigenvalue weighted by Crippen LogP contribution is 2.42. The number of aromatic nitrogens is 1. The zero-order valence-corrected chi connectivity index (χ0v) is 16.2. The zero-order valence-electron chi connectivity index (χ0n) is 16.2. The summed E-state index contributed by atoms with van der Waals surface area (Å²) < 4.78 is 17.9. The Hall–Kier alpha value is -1.69. The number of piperidine rings is 1. The summed E-state index contributed by atoms with van der Waals surface area (Å²) in [7, 11) is 0. The molecule has 146 valence electrons. The number of hydrogen-bond acceptors (Lipinski definition) is 5. The molecule has 2 aromatic rings. The van der Waals surface area contributed by atoms with Crippen molar-refractivity contribution >= 4 is 0 Å². The second kappa shape index (κ2) is 8.55. The Morgan fingerprint density at radius 2 is 2.00 bits per heavy atom. The van der Waals surface area contributed by atoms with Gasteiger partial charge in [0.25, 0.3) is 0 Å². The maximum Gasteiger partial charge on any atom is 0.118 e. The second-order valence-electron chi connectivity index (χ2n) is 7.88. The molecule has 5 heteroatoms. The Morgan fingerprint density at radius 3 is 2.74 bits per heavy atom. The quantitative estimate of drug-likeness (QED) is 0.691. The molecule has 0 amide bonds. The van der Waals surface area contributed by atoms with Gasteiger partial charge in [-0.25, -0.2) is 0 Å². The maximum absolute atomic E-state index is 6.30. The standard InChI is InChI=1S/C22H30N2O3/c1-18-2-3-21(27-18)16-24-12-8-22(9-13-24)20(7-15-26-22)6-14-25-17-19-4-10-23-11-5-19/h2-5,10-11,20H,6-9,12-17H2,1H3/t20-/m1/s1. The first kappa shape index (κ1) is 18.7. The number of nitrogens with zero attached hydrogens (tertiary/aromatic N) is 2. The summed E-state index contributed by atoms with van der Waals surface area (Å²) in [4.78, 5) is 6.53. The lowest BCUT2D eigenvalue weighted by Gasteiger charge is -2.42. The van der Waals surface area contributed by atoms with Gasteiger partial charge in [0.15, 0.2) is 0 Å². The van der Waals surface area contributed by atoms with Gasteiger partial charge in [0.05, 0.1) is 18.8 Å². The van der Waals surface area contributed by atoms with Gasteiger partial charge in [0, 0.05) is 38.7 Å². The molecule has 2 aromatic heterocycles. The van der Waals surface area contributed by atoms with Crippen LogP contribution in [-0.2, 0) is 22.6 Å². The van der Waals surface area contributed by atoms with Crippen LogP contribution in [-0.4, -0.2) is 41.8 Å². The minimum atomic E-state index is 0.0651. The van der Waals surface area contributed by atoms with Crippen LogP contribution < -0.4 is 0 Å². The molecule has 2 fully saturated rings. The van der Waals surface area contributed by atoms with E-state index in [4.69, 9.17) is 13.9 Å². The largest absolute Gasteiger partial charge is 0.465 e.